The van der Waals surface area contributed by atoms with Gasteiger partial charge in [0, 0.05) is 9.77 Å². The zero-order valence-corrected chi connectivity index (χ0v) is 15.6. The number of carbonyl (C=O) groups is 2. The lowest BCUT2D eigenvalue weighted by molar-refractivity contribution is -0.113. The van der Waals surface area contributed by atoms with Crippen LogP contribution < -0.4 is 11.1 Å². The number of halogens is 2. The number of carbonyl (C=O) groups excluding carboxylic acids is 2. The van der Waals surface area contributed by atoms with Crippen LogP contribution in [0.3, 0.4) is 0 Å². The van der Waals surface area contributed by atoms with Gasteiger partial charge in [0.15, 0.2) is 0 Å². The predicted molar refractivity (Wildman–Crippen MR) is 100 cm³/mol. The highest BCUT2D eigenvalue weighted by Gasteiger charge is 2.24. The molecule has 1 aliphatic carbocycles. The fourth-order valence-electron chi connectivity index (χ4n) is 2.79. The molecule has 0 fully saturated rings. The first kappa shape index (κ1) is 18.2. The van der Waals surface area contributed by atoms with Gasteiger partial charge in [-0.3, -0.25) is 9.59 Å². The van der Waals surface area contributed by atoms with E-state index >= 15 is 0 Å². The van der Waals surface area contributed by atoms with Crippen molar-refractivity contribution >= 4 is 51.5 Å². The Balaban J connectivity index is 1.69. The average Bonchev–Trinajstić information content (AvgIpc) is 2.93. The molecule has 3 rings (SSSR count). The van der Waals surface area contributed by atoms with E-state index in [4.69, 9.17) is 17.3 Å². The Labute approximate surface area is 157 Å². The van der Waals surface area contributed by atoms with Gasteiger partial charge < -0.3 is 11.1 Å². The van der Waals surface area contributed by atoms with Crippen LogP contribution in [-0.2, 0) is 17.6 Å². The summed E-state index contributed by atoms with van der Waals surface area (Å²) in [6.45, 7) is 0. The molecule has 1 aromatic heterocycles. The second-order valence-electron chi connectivity index (χ2n) is 5.69. The number of amides is 2. The summed E-state index contributed by atoms with van der Waals surface area (Å²) in [7, 11) is 0. The summed E-state index contributed by atoms with van der Waals surface area (Å²) >= 11 is 8.41. The third kappa shape index (κ3) is 4.16. The van der Waals surface area contributed by atoms with Crippen molar-refractivity contribution in [3.05, 3.63) is 45.0 Å². The molecule has 0 saturated carbocycles. The van der Waals surface area contributed by atoms with E-state index in [9.17, 15) is 14.0 Å². The first-order valence-corrected chi connectivity index (χ1v) is 9.95. The van der Waals surface area contributed by atoms with Crippen molar-refractivity contribution in [3.63, 3.8) is 0 Å². The van der Waals surface area contributed by atoms with Gasteiger partial charge in [-0.1, -0.05) is 11.6 Å². The highest BCUT2D eigenvalue weighted by atomic mass is 35.5. The third-order valence-electron chi connectivity index (χ3n) is 3.93. The number of benzene rings is 1. The Morgan fingerprint density at radius 3 is 2.80 bits per heavy atom. The number of rotatable bonds is 5. The van der Waals surface area contributed by atoms with E-state index in [1.54, 1.807) is 6.07 Å². The van der Waals surface area contributed by atoms with Crippen LogP contribution in [0.2, 0.25) is 5.02 Å². The fraction of sp³-hybridized carbons (Fsp3) is 0.294. The number of fused-ring (bicyclic) bond motifs is 1. The minimum Gasteiger partial charge on any atom is -0.365 e. The average molecular weight is 399 g/mol. The van der Waals surface area contributed by atoms with Crippen molar-refractivity contribution in [3.8, 4) is 0 Å². The van der Waals surface area contributed by atoms with Crippen LogP contribution in [0.4, 0.5) is 9.39 Å². The molecule has 0 radical (unpaired) electrons. The molecule has 0 aliphatic heterocycles. The van der Waals surface area contributed by atoms with Crippen molar-refractivity contribution in [2.45, 2.75) is 30.6 Å². The number of nitrogens with one attached hydrogen (secondary N) is 1. The van der Waals surface area contributed by atoms with E-state index in [1.165, 1.54) is 35.2 Å². The Hall–Kier alpha value is -1.57. The van der Waals surface area contributed by atoms with Gasteiger partial charge in [-0.05, 0) is 49.4 Å². The number of anilines is 1. The first-order chi connectivity index (χ1) is 12.0. The lowest BCUT2D eigenvalue weighted by Gasteiger charge is -2.11. The quantitative estimate of drug-likeness (QED) is 0.739. The van der Waals surface area contributed by atoms with Crippen molar-refractivity contribution in [1.29, 1.82) is 0 Å². The van der Waals surface area contributed by atoms with Gasteiger partial charge in [-0.2, -0.15) is 0 Å². The van der Waals surface area contributed by atoms with Gasteiger partial charge in [-0.15, -0.1) is 23.1 Å². The van der Waals surface area contributed by atoms with Crippen LogP contribution in [-0.4, -0.2) is 17.6 Å². The molecule has 3 N–H and O–H groups in total. The summed E-state index contributed by atoms with van der Waals surface area (Å²) < 4.78 is 13.2. The molecule has 4 nitrogen and oxygen atoms in total. The molecule has 1 heterocycles. The molecular weight excluding hydrogens is 383 g/mol. The smallest absolute Gasteiger partial charge is 0.251 e. The summed E-state index contributed by atoms with van der Waals surface area (Å²) in [6, 6.07) is 4.31. The van der Waals surface area contributed by atoms with Gasteiger partial charge in [-0.25, -0.2) is 4.39 Å². The Kier molecular flexibility index (Phi) is 5.66. The van der Waals surface area contributed by atoms with E-state index in [0.29, 0.717) is 15.5 Å². The van der Waals surface area contributed by atoms with Crippen LogP contribution >= 0.6 is 34.7 Å². The molecule has 1 aliphatic rings. The molecule has 25 heavy (non-hydrogen) atoms. The zero-order valence-electron chi connectivity index (χ0n) is 13.2. The number of aryl methyl sites for hydroxylation is 1. The Morgan fingerprint density at radius 1 is 1.32 bits per heavy atom. The van der Waals surface area contributed by atoms with Gasteiger partial charge in [0.05, 0.1) is 16.3 Å². The van der Waals surface area contributed by atoms with E-state index in [2.05, 4.69) is 5.32 Å². The number of nitrogens with two attached hydrogens (primary N) is 1. The normalized spacial score (nSPS) is 13.4. The molecule has 0 bridgehead atoms. The molecule has 0 unspecified atom stereocenters. The maximum atomic E-state index is 13.2. The van der Waals surface area contributed by atoms with Crippen LogP contribution in [0, 0.1) is 5.82 Å². The topological polar surface area (TPSA) is 72.2 Å². The van der Waals surface area contributed by atoms with E-state index in [0.717, 1.165) is 36.1 Å². The summed E-state index contributed by atoms with van der Waals surface area (Å²) in [4.78, 5) is 25.9. The molecule has 132 valence electrons. The van der Waals surface area contributed by atoms with Gasteiger partial charge in [0.25, 0.3) is 5.91 Å². The van der Waals surface area contributed by atoms with Crippen molar-refractivity contribution < 1.29 is 14.0 Å². The summed E-state index contributed by atoms with van der Waals surface area (Å²) in [6.07, 6.45) is 3.85. The van der Waals surface area contributed by atoms with E-state index < -0.39 is 11.7 Å². The molecule has 1 aromatic carbocycles. The van der Waals surface area contributed by atoms with Crippen LogP contribution in [0.5, 0.6) is 0 Å². The van der Waals surface area contributed by atoms with Crippen molar-refractivity contribution in [1.82, 2.24) is 0 Å². The van der Waals surface area contributed by atoms with Gasteiger partial charge in [0.1, 0.15) is 10.8 Å². The molecule has 8 heteroatoms. The SMILES string of the molecule is NC(=O)c1c(NC(=O)CSc2ccc(F)c(Cl)c2)sc2c1CCCC2. The highest BCUT2D eigenvalue weighted by molar-refractivity contribution is 8.00. The second-order valence-corrected chi connectivity index (χ2v) is 8.25. The number of thioether (sulfide) groups is 1. The Morgan fingerprint density at radius 2 is 2.08 bits per heavy atom. The summed E-state index contributed by atoms with van der Waals surface area (Å²) in [5.74, 6) is -1.12. The minimum atomic E-state index is -0.507. The molecule has 0 saturated heterocycles. The van der Waals surface area contributed by atoms with E-state index in [-0.39, 0.29) is 16.7 Å². The predicted octanol–water partition coefficient (Wildman–Crippen LogP) is 4.25. The summed E-state index contributed by atoms with van der Waals surface area (Å²) in [5, 5.41) is 3.35. The standard InChI is InChI=1S/C17H16ClFN2O2S2/c18-11-7-9(5-6-12(11)19)24-8-14(22)21-17-15(16(20)23)10-3-1-2-4-13(10)25-17/h5-7H,1-4,8H2,(H2,20,23)(H,21,22). The maximum absolute atomic E-state index is 13.2. The van der Waals surface area contributed by atoms with Gasteiger partial charge >= 0.3 is 0 Å². The monoisotopic (exact) mass is 398 g/mol. The fourth-order valence-corrected chi connectivity index (χ4v) is 5.08. The second kappa shape index (κ2) is 7.76. The number of hydrogen-bond donors (Lipinski definition) is 2. The number of hydrogen-bond acceptors (Lipinski definition) is 4. The van der Waals surface area contributed by atoms with Crippen LogP contribution in [0.15, 0.2) is 23.1 Å². The van der Waals surface area contributed by atoms with Gasteiger partial charge in [0.2, 0.25) is 5.91 Å². The lowest BCUT2D eigenvalue weighted by atomic mass is 9.95. The largest absolute Gasteiger partial charge is 0.365 e. The molecule has 2 amide bonds. The Bertz CT molecular complexity index is 838. The first-order valence-electron chi connectivity index (χ1n) is 7.77. The molecule has 2 aromatic rings. The van der Waals surface area contributed by atoms with Crippen LogP contribution in [0.25, 0.3) is 0 Å². The maximum Gasteiger partial charge on any atom is 0.251 e. The zero-order chi connectivity index (χ0) is 18.0. The summed E-state index contributed by atoms with van der Waals surface area (Å²) in [5.41, 5.74) is 6.95. The number of thiophene rings is 1. The molecule has 0 spiro atoms. The lowest BCUT2D eigenvalue weighted by Crippen LogP contribution is -2.19. The minimum absolute atomic E-state index is 0.0207. The van der Waals surface area contributed by atoms with Crippen molar-refractivity contribution in [2.24, 2.45) is 5.73 Å². The highest BCUT2D eigenvalue weighted by Crippen LogP contribution is 2.38. The third-order valence-corrected chi connectivity index (χ3v) is 6.42. The molecule has 0 atom stereocenters. The molecular formula is C17H16ClFN2O2S2. The van der Waals surface area contributed by atoms with Crippen LogP contribution in [0.1, 0.15) is 33.6 Å². The number of primary amides is 1. The van der Waals surface area contributed by atoms with E-state index in [1.807, 2.05) is 0 Å². The van der Waals surface area contributed by atoms with Crippen molar-refractivity contribution in [2.75, 3.05) is 11.1 Å².